The van der Waals surface area contributed by atoms with E-state index in [0.717, 1.165) is 0 Å². The molecule has 0 saturated carbocycles. The van der Waals surface area contributed by atoms with E-state index in [2.05, 4.69) is 4.74 Å². The zero-order chi connectivity index (χ0) is 9.56. The van der Waals surface area contributed by atoms with Crippen LogP contribution in [-0.4, -0.2) is 24.5 Å². The van der Waals surface area contributed by atoms with Crippen molar-refractivity contribution in [2.75, 3.05) is 0 Å². The summed E-state index contributed by atoms with van der Waals surface area (Å²) in [7, 11) is 0. The van der Waals surface area contributed by atoms with Gasteiger partial charge in [0.25, 0.3) is 0 Å². The van der Waals surface area contributed by atoms with Crippen molar-refractivity contribution in [3.63, 3.8) is 0 Å². The molecule has 0 heterocycles. The van der Waals surface area contributed by atoms with Crippen LogP contribution in [0.15, 0.2) is 0 Å². The summed E-state index contributed by atoms with van der Waals surface area (Å²) in [5.41, 5.74) is 0. The first-order chi connectivity index (χ1) is 5.61. The second-order valence-electron chi connectivity index (χ2n) is 2.18. The molecule has 0 aromatic rings. The molecule has 0 aliphatic rings. The first-order valence-electron chi connectivity index (χ1n) is 3.20. The highest BCUT2D eigenvalue weighted by Gasteiger charge is 2.20. The van der Waals surface area contributed by atoms with Gasteiger partial charge in [0, 0.05) is 6.42 Å². The fourth-order valence-corrected chi connectivity index (χ4v) is 0.632. The molecule has 0 aromatic carbocycles. The minimum absolute atomic E-state index is 0.0705. The topological polar surface area (TPSA) is 77.5 Å². The Morgan fingerprint density at radius 2 is 2.00 bits per heavy atom. The van der Waals surface area contributed by atoms with Crippen LogP contribution in [0, 0.1) is 5.92 Å². The third-order valence-electron chi connectivity index (χ3n) is 1.14. The molecule has 1 atom stereocenters. The number of hydrogen-bond donors (Lipinski definition) is 0. The van der Waals surface area contributed by atoms with E-state index in [1.54, 1.807) is 0 Å². The Bertz CT molecular complexity index is 208. The van der Waals surface area contributed by atoms with E-state index in [1.165, 1.54) is 6.92 Å². The molecular formula is C7H8O5. The number of ketones is 1. The largest absolute Gasteiger partial charge is 0.395 e. The second kappa shape index (κ2) is 5.17. The summed E-state index contributed by atoms with van der Waals surface area (Å²) in [5, 5.41) is 0. The van der Waals surface area contributed by atoms with Crippen molar-refractivity contribution in [2.24, 2.45) is 5.92 Å². The summed E-state index contributed by atoms with van der Waals surface area (Å²) in [4.78, 5) is 41.0. The lowest BCUT2D eigenvalue weighted by molar-refractivity contribution is -0.156. The molecular weight excluding hydrogens is 164 g/mol. The van der Waals surface area contributed by atoms with Gasteiger partial charge < -0.3 is 9.53 Å². The van der Waals surface area contributed by atoms with Crippen LogP contribution in [0.5, 0.6) is 0 Å². The molecule has 12 heavy (non-hydrogen) atoms. The monoisotopic (exact) mass is 172 g/mol. The lowest BCUT2D eigenvalue weighted by Gasteiger charge is -2.02. The van der Waals surface area contributed by atoms with Gasteiger partial charge in [-0.15, -0.1) is 0 Å². The lowest BCUT2D eigenvalue weighted by atomic mass is 10.1. The van der Waals surface area contributed by atoms with Crippen molar-refractivity contribution in [1.29, 1.82) is 0 Å². The van der Waals surface area contributed by atoms with Crippen molar-refractivity contribution in [2.45, 2.75) is 13.3 Å². The summed E-state index contributed by atoms with van der Waals surface area (Å²) in [5.74, 6) is -2.46. The Labute approximate surface area is 68.7 Å². The molecule has 0 spiro atoms. The van der Waals surface area contributed by atoms with Gasteiger partial charge in [0.2, 0.25) is 0 Å². The van der Waals surface area contributed by atoms with E-state index in [0.29, 0.717) is 0 Å². The maximum atomic E-state index is 10.7. The van der Waals surface area contributed by atoms with Crippen LogP contribution in [0.4, 0.5) is 0 Å². The van der Waals surface area contributed by atoms with Crippen LogP contribution in [-0.2, 0) is 23.9 Å². The van der Waals surface area contributed by atoms with Crippen molar-refractivity contribution in [3.8, 4) is 0 Å². The fraction of sp³-hybridized carbons (Fsp3) is 0.429. The van der Waals surface area contributed by atoms with Crippen LogP contribution in [0.2, 0.25) is 0 Å². The number of ether oxygens (including phenoxy) is 1. The third-order valence-corrected chi connectivity index (χ3v) is 1.14. The van der Waals surface area contributed by atoms with E-state index >= 15 is 0 Å². The van der Waals surface area contributed by atoms with Crippen molar-refractivity contribution in [1.82, 2.24) is 0 Å². The van der Waals surface area contributed by atoms with Gasteiger partial charge in [0.15, 0.2) is 0 Å². The molecule has 0 radical (unpaired) electrons. The summed E-state index contributed by atoms with van der Waals surface area (Å²) < 4.78 is 3.89. The molecule has 0 fully saturated rings. The summed E-state index contributed by atoms with van der Waals surface area (Å²) in [6.45, 7) is 1.17. The lowest BCUT2D eigenvalue weighted by Crippen LogP contribution is -2.20. The van der Waals surface area contributed by atoms with Crippen LogP contribution in [0.3, 0.4) is 0 Å². The van der Waals surface area contributed by atoms with Gasteiger partial charge in [-0.1, -0.05) is 0 Å². The highest BCUT2D eigenvalue weighted by molar-refractivity contribution is 5.95. The summed E-state index contributed by atoms with van der Waals surface area (Å²) >= 11 is 0. The van der Waals surface area contributed by atoms with Crippen molar-refractivity contribution in [3.05, 3.63) is 0 Å². The highest BCUT2D eigenvalue weighted by Crippen LogP contribution is 2.02. The molecule has 1 unspecified atom stereocenters. The smallest absolute Gasteiger partial charge is 0.324 e. The highest BCUT2D eigenvalue weighted by atomic mass is 16.6. The first-order valence-corrected chi connectivity index (χ1v) is 3.20. The number of carbonyl (C=O) groups is 4. The SMILES string of the molecule is CC(=O)CC(C=O)C(=O)OC=O. The van der Waals surface area contributed by atoms with Gasteiger partial charge in [-0.2, -0.15) is 0 Å². The zero-order valence-corrected chi connectivity index (χ0v) is 6.48. The Morgan fingerprint density at radius 3 is 2.33 bits per heavy atom. The van der Waals surface area contributed by atoms with Gasteiger partial charge in [0.05, 0.1) is 0 Å². The van der Waals surface area contributed by atoms with Crippen LogP contribution in [0.1, 0.15) is 13.3 Å². The fourth-order valence-electron chi connectivity index (χ4n) is 0.632. The Balaban J connectivity index is 4.13. The van der Waals surface area contributed by atoms with E-state index in [4.69, 9.17) is 0 Å². The second-order valence-corrected chi connectivity index (χ2v) is 2.18. The van der Waals surface area contributed by atoms with Crippen molar-refractivity contribution < 1.29 is 23.9 Å². The number of hydrogen-bond acceptors (Lipinski definition) is 5. The summed E-state index contributed by atoms with van der Waals surface area (Å²) in [6, 6.07) is 0. The van der Waals surface area contributed by atoms with E-state index in [9.17, 15) is 19.2 Å². The minimum Gasteiger partial charge on any atom is -0.395 e. The third kappa shape index (κ3) is 3.60. The molecule has 0 N–H and O–H groups in total. The van der Waals surface area contributed by atoms with E-state index in [1.807, 2.05) is 0 Å². The molecule has 66 valence electrons. The molecule has 0 aliphatic carbocycles. The average Bonchev–Trinajstić information content (AvgIpc) is 2.00. The van der Waals surface area contributed by atoms with Gasteiger partial charge in [0.1, 0.15) is 18.0 Å². The van der Waals surface area contributed by atoms with Crippen LogP contribution < -0.4 is 0 Å². The van der Waals surface area contributed by atoms with Gasteiger partial charge in [-0.3, -0.25) is 14.4 Å². The number of carbonyl (C=O) groups excluding carboxylic acids is 4. The Morgan fingerprint density at radius 1 is 1.42 bits per heavy atom. The Hall–Kier alpha value is -1.52. The molecule has 0 amide bonds. The maximum absolute atomic E-state index is 10.7. The number of rotatable bonds is 5. The van der Waals surface area contributed by atoms with E-state index in [-0.39, 0.29) is 25.0 Å². The molecule has 0 aromatic heterocycles. The minimum atomic E-state index is -1.16. The Kier molecular flexibility index (Phi) is 4.52. The predicted molar refractivity (Wildman–Crippen MR) is 37.0 cm³/mol. The van der Waals surface area contributed by atoms with Gasteiger partial charge in [-0.05, 0) is 6.92 Å². The molecule has 0 aliphatic heterocycles. The standard InChI is InChI=1S/C7H8O5/c1-5(10)2-6(3-8)7(11)12-4-9/h3-4,6H,2H2,1H3. The number of Topliss-reactive ketones (excluding diaryl/α,β-unsaturated/α-hetero) is 1. The first kappa shape index (κ1) is 10.5. The molecule has 0 bridgehead atoms. The molecule has 5 nitrogen and oxygen atoms in total. The molecule has 5 heteroatoms. The van der Waals surface area contributed by atoms with Crippen molar-refractivity contribution >= 4 is 24.5 Å². The van der Waals surface area contributed by atoms with Gasteiger partial charge in [-0.25, -0.2) is 0 Å². The molecule has 0 rings (SSSR count). The number of esters is 1. The number of aldehydes is 1. The normalized spacial score (nSPS) is 11.4. The average molecular weight is 172 g/mol. The van der Waals surface area contributed by atoms with Crippen LogP contribution >= 0.6 is 0 Å². The van der Waals surface area contributed by atoms with E-state index < -0.39 is 11.9 Å². The zero-order valence-electron chi connectivity index (χ0n) is 6.48. The quantitative estimate of drug-likeness (QED) is 0.317. The molecule has 0 saturated heterocycles. The summed E-state index contributed by atoms with van der Waals surface area (Å²) in [6.07, 6.45) is 0.0589. The van der Waals surface area contributed by atoms with Crippen LogP contribution in [0.25, 0.3) is 0 Å². The van der Waals surface area contributed by atoms with Gasteiger partial charge >= 0.3 is 12.4 Å². The maximum Gasteiger partial charge on any atom is 0.324 e. The predicted octanol–water partition coefficient (Wildman–Crippen LogP) is -0.520.